The van der Waals surface area contributed by atoms with Crippen LogP contribution < -0.4 is 5.32 Å². The number of phenols is 1. The van der Waals surface area contributed by atoms with Gasteiger partial charge in [-0.05, 0) is 84.3 Å². The van der Waals surface area contributed by atoms with Gasteiger partial charge in [-0.3, -0.25) is 14.5 Å². The average molecular weight is 821 g/mol. The molecule has 0 aliphatic carbocycles. The van der Waals surface area contributed by atoms with Crippen LogP contribution in [0.1, 0.15) is 80.4 Å². The number of phenolic OH excluding ortho intramolecular Hbond substituents is 1. The highest BCUT2D eigenvalue weighted by atomic mass is 16.4. The molecule has 0 bridgehead atoms. The lowest BCUT2D eigenvalue weighted by atomic mass is 10.0. The van der Waals surface area contributed by atoms with Gasteiger partial charge in [0, 0.05) is 19.5 Å². The number of carbonyl (C=O) groups excluding carboxylic acids is 2. The number of imidazole rings is 2. The van der Waals surface area contributed by atoms with Crippen molar-refractivity contribution in [1.29, 1.82) is 0 Å². The van der Waals surface area contributed by atoms with Crippen molar-refractivity contribution in [3.63, 3.8) is 0 Å². The molecule has 314 valence electrons. The van der Waals surface area contributed by atoms with Gasteiger partial charge in [0.2, 0.25) is 11.8 Å². The molecule has 2 fully saturated rings. The molecule has 2 saturated heterocycles. The number of likely N-dealkylation sites (tertiary alicyclic amines) is 2. The number of amides is 3. The monoisotopic (exact) mass is 820 g/mol. The summed E-state index contributed by atoms with van der Waals surface area (Å²) in [6.45, 7) is 6.97. The fourth-order valence-corrected chi connectivity index (χ4v) is 8.93. The van der Waals surface area contributed by atoms with E-state index in [1.54, 1.807) is 23.2 Å². The number of nitrogens with one attached hydrogen (secondary N) is 3. The molecule has 2 aliphatic heterocycles. The second-order valence-corrected chi connectivity index (χ2v) is 15.8. The summed E-state index contributed by atoms with van der Waals surface area (Å²) in [4.78, 5) is 62.1. The first kappa shape index (κ1) is 41.0. The lowest BCUT2D eigenvalue weighted by molar-refractivity contribution is -0.138. The van der Waals surface area contributed by atoms with Gasteiger partial charge in [0.1, 0.15) is 29.5 Å². The minimum Gasteiger partial charge on any atom is -0.508 e. The predicted molar refractivity (Wildman–Crippen MR) is 233 cm³/mol. The second kappa shape index (κ2) is 18.3. The molecule has 8 rings (SSSR count). The van der Waals surface area contributed by atoms with E-state index in [1.165, 1.54) is 12.1 Å². The van der Waals surface area contributed by atoms with Crippen molar-refractivity contribution in [2.75, 3.05) is 26.2 Å². The zero-order chi connectivity index (χ0) is 42.5. The number of rotatable bonds is 14. The summed E-state index contributed by atoms with van der Waals surface area (Å²) < 4.78 is 0. The molecule has 3 amide bonds. The first-order valence-electron chi connectivity index (χ1n) is 21.2. The zero-order valence-corrected chi connectivity index (χ0v) is 34.5. The van der Waals surface area contributed by atoms with Crippen LogP contribution in [0.15, 0.2) is 116 Å². The van der Waals surface area contributed by atoms with E-state index in [2.05, 4.69) is 75.4 Å². The van der Waals surface area contributed by atoms with E-state index in [0.717, 1.165) is 82.9 Å². The van der Waals surface area contributed by atoms with Crippen molar-refractivity contribution in [3.8, 4) is 39.4 Å². The number of hydrogen-bond acceptors (Lipinski definition) is 7. The normalized spacial score (nSPS) is 17.4. The van der Waals surface area contributed by atoms with Gasteiger partial charge in [-0.15, -0.1) is 0 Å². The van der Waals surface area contributed by atoms with E-state index < -0.39 is 12.1 Å². The topological polar surface area (TPSA) is 171 Å². The van der Waals surface area contributed by atoms with Crippen molar-refractivity contribution < 1.29 is 24.6 Å². The molecule has 0 saturated carbocycles. The molecular formula is C48H52N8O5. The predicted octanol–water partition coefficient (Wildman–Crippen LogP) is 8.13. The van der Waals surface area contributed by atoms with Crippen LogP contribution in [0.3, 0.4) is 0 Å². The van der Waals surface area contributed by atoms with Gasteiger partial charge in [-0.1, -0.05) is 105 Å². The van der Waals surface area contributed by atoms with E-state index in [-0.39, 0.29) is 42.1 Å². The Bertz CT molecular complexity index is 2430. The standard InChI is InChI=1S/C48H52N8O5/c1-3-54(4-2)43(36-10-6-5-7-11-36)47(59)56-27-9-13-42(56)45-50-30-40(52-45)35-22-18-33(19-23-35)32-16-20-34(21-17-32)39-29-49-44(51-39)41-12-8-26-55(41)46(58)38(53-48(60)61)28-31-14-24-37(57)25-15-31/h5-7,10-11,14-25,29-30,38,41-43,53,57H,3-4,8-9,12-13,26-28H2,1-2H3,(H,49,51)(H,50,52)(H,60,61)/t38-,41-,42-,43+/m0/s1. The highest BCUT2D eigenvalue weighted by Crippen LogP contribution is 2.37. The minimum atomic E-state index is -1.27. The van der Waals surface area contributed by atoms with Crippen LogP contribution in [0.5, 0.6) is 5.75 Å². The lowest BCUT2D eigenvalue weighted by Gasteiger charge is -2.34. The highest BCUT2D eigenvalue weighted by Gasteiger charge is 2.39. The van der Waals surface area contributed by atoms with Crippen LogP contribution in [0, 0.1) is 0 Å². The van der Waals surface area contributed by atoms with E-state index in [9.17, 15) is 24.6 Å². The van der Waals surface area contributed by atoms with Crippen molar-refractivity contribution in [2.45, 2.75) is 70.1 Å². The number of H-pyrrole nitrogens is 2. The number of aromatic hydroxyl groups is 1. The maximum atomic E-state index is 14.2. The fourth-order valence-electron chi connectivity index (χ4n) is 8.93. The zero-order valence-electron chi connectivity index (χ0n) is 34.5. The summed E-state index contributed by atoms with van der Waals surface area (Å²) in [5.74, 6) is 1.38. The van der Waals surface area contributed by atoms with E-state index >= 15 is 0 Å². The molecule has 0 spiro atoms. The summed E-state index contributed by atoms with van der Waals surface area (Å²) in [5.41, 5.74) is 7.55. The Balaban J connectivity index is 0.922. The van der Waals surface area contributed by atoms with Gasteiger partial charge < -0.3 is 35.3 Å². The molecule has 2 aliphatic rings. The Labute approximate surface area is 355 Å². The fraction of sp³-hybridized carbons (Fsp3) is 0.312. The largest absolute Gasteiger partial charge is 0.508 e. The molecule has 5 N–H and O–H groups in total. The van der Waals surface area contributed by atoms with Gasteiger partial charge in [0.25, 0.3) is 0 Å². The smallest absolute Gasteiger partial charge is 0.405 e. The molecule has 13 heteroatoms. The number of aromatic nitrogens is 4. The van der Waals surface area contributed by atoms with E-state index in [4.69, 9.17) is 4.98 Å². The van der Waals surface area contributed by atoms with Crippen LogP contribution in [-0.2, 0) is 16.0 Å². The number of likely N-dealkylation sites (N-methyl/N-ethyl adjacent to an activating group) is 1. The van der Waals surface area contributed by atoms with Gasteiger partial charge in [-0.2, -0.15) is 0 Å². The molecule has 0 radical (unpaired) electrons. The molecule has 0 unspecified atom stereocenters. The average Bonchev–Trinajstić information content (AvgIpc) is 4.13. The van der Waals surface area contributed by atoms with Crippen molar-refractivity contribution in [3.05, 3.63) is 138 Å². The summed E-state index contributed by atoms with van der Waals surface area (Å²) in [6, 6.07) is 31.3. The third-order valence-corrected chi connectivity index (χ3v) is 12.1. The first-order valence-corrected chi connectivity index (χ1v) is 21.2. The van der Waals surface area contributed by atoms with Crippen LogP contribution >= 0.6 is 0 Å². The van der Waals surface area contributed by atoms with Crippen molar-refractivity contribution >= 4 is 17.9 Å². The number of hydrogen-bond donors (Lipinski definition) is 5. The minimum absolute atomic E-state index is 0.0990. The number of carboxylic acid groups (broad SMARTS) is 1. The number of aromatic amines is 2. The van der Waals surface area contributed by atoms with Crippen LogP contribution in [0.25, 0.3) is 33.6 Å². The Morgan fingerprint density at radius 2 is 1.20 bits per heavy atom. The summed E-state index contributed by atoms with van der Waals surface area (Å²) in [5, 5.41) is 21.6. The maximum Gasteiger partial charge on any atom is 0.405 e. The molecule has 13 nitrogen and oxygen atoms in total. The van der Waals surface area contributed by atoms with Gasteiger partial charge in [0.05, 0.1) is 35.9 Å². The number of nitrogens with zero attached hydrogens (tertiary/aromatic N) is 5. The molecular weight excluding hydrogens is 769 g/mol. The summed E-state index contributed by atoms with van der Waals surface area (Å²) >= 11 is 0. The molecule has 61 heavy (non-hydrogen) atoms. The van der Waals surface area contributed by atoms with Crippen molar-refractivity contribution in [1.82, 2.24) is 40.0 Å². The van der Waals surface area contributed by atoms with Crippen LogP contribution in [0.2, 0.25) is 0 Å². The molecule has 4 heterocycles. The molecule has 4 atom stereocenters. The quantitative estimate of drug-likeness (QED) is 0.0734. The Morgan fingerprint density at radius 1 is 0.705 bits per heavy atom. The summed E-state index contributed by atoms with van der Waals surface area (Å²) in [7, 11) is 0. The lowest BCUT2D eigenvalue weighted by Crippen LogP contribution is -2.49. The van der Waals surface area contributed by atoms with Gasteiger partial charge >= 0.3 is 6.09 Å². The molecule has 2 aromatic heterocycles. The Morgan fingerprint density at radius 3 is 1.69 bits per heavy atom. The van der Waals surface area contributed by atoms with Crippen LogP contribution in [-0.4, -0.2) is 95.0 Å². The number of carbonyl (C=O) groups is 3. The van der Waals surface area contributed by atoms with Crippen LogP contribution in [0.4, 0.5) is 4.79 Å². The summed E-state index contributed by atoms with van der Waals surface area (Å²) in [6.07, 6.45) is 5.79. The van der Waals surface area contributed by atoms with Gasteiger partial charge in [0.15, 0.2) is 0 Å². The third kappa shape index (κ3) is 8.92. The molecule has 6 aromatic rings. The van der Waals surface area contributed by atoms with Crippen molar-refractivity contribution in [2.24, 2.45) is 0 Å². The SMILES string of the molecule is CCN(CC)[C@@H](C(=O)N1CCC[C@H]1c1ncc(-c2ccc(-c3ccc(-c4cnc([C@@H]5CCCN5C(=O)[C@H](Cc5ccc(O)cc5)NC(=O)O)[nH]4)cc3)cc2)[nH]1)c1ccccc1. The Hall–Kier alpha value is -6.73. The second-order valence-electron chi connectivity index (χ2n) is 15.8. The maximum absolute atomic E-state index is 14.2. The first-order chi connectivity index (χ1) is 29.7. The highest BCUT2D eigenvalue weighted by molar-refractivity contribution is 5.86. The molecule has 4 aromatic carbocycles. The number of benzene rings is 4. The van der Waals surface area contributed by atoms with Gasteiger partial charge in [-0.25, -0.2) is 14.8 Å². The van der Waals surface area contributed by atoms with E-state index in [0.29, 0.717) is 25.3 Å². The van der Waals surface area contributed by atoms with E-state index in [1.807, 2.05) is 53.6 Å². The Kier molecular flexibility index (Phi) is 12.3. The third-order valence-electron chi connectivity index (χ3n) is 12.1.